The van der Waals surface area contributed by atoms with Crippen molar-refractivity contribution in [3.63, 3.8) is 0 Å². The molecule has 174 valence electrons. The van der Waals surface area contributed by atoms with Gasteiger partial charge in [0, 0.05) is 36.4 Å². The van der Waals surface area contributed by atoms with E-state index < -0.39 is 5.92 Å². The van der Waals surface area contributed by atoms with Crippen LogP contribution in [-0.2, 0) is 4.79 Å². The zero-order chi connectivity index (χ0) is 24.2. The van der Waals surface area contributed by atoms with E-state index in [9.17, 15) is 9.59 Å². The fourth-order valence-corrected chi connectivity index (χ4v) is 4.10. The maximum atomic E-state index is 13.0. The van der Waals surface area contributed by atoms with Crippen LogP contribution in [0.2, 0.25) is 5.02 Å². The molecule has 1 aliphatic heterocycles. The number of rotatable bonds is 7. The quantitative estimate of drug-likeness (QED) is 0.499. The number of benzene rings is 3. The molecule has 0 saturated carbocycles. The van der Waals surface area contributed by atoms with Gasteiger partial charge in [-0.25, -0.2) is 0 Å². The Labute approximate surface area is 204 Å². The van der Waals surface area contributed by atoms with Gasteiger partial charge in [-0.15, -0.1) is 0 Å². The van der Waals surface area contributed by atoms with Crippen LogP contribution in [0.5, 0.6) is 0 Å². The van der Waals surface area contributed by atoms with Crippen LogP contribution in [0.4, 0.5) is 11.4 Å². The second kappa shape index (κ2) is 10.2. The molecule has 0 saturated heterocycles. The second-order valence-electron chi connectivity index (χ2n) is 8.60. The first-order valence-corrected chi connectivity index (χ1v) is 11.5. The summed E-state index contributed by atoms with van der Waals surface area (Å²) in [6.45, 7) is 1.40. The lowest BCUT2D eigenvalue weighted by atomic mass is 9.90. The lowest BCUT2D eigenvalue weighted by Gasteiger charge is -2.20. The summed E-state index contributed by atoms with van der Waals surface area (Å²) in [5, 5.41) is 3.48. The van der Waals surface area contributed by atoms with E-state index in [-0.39, 0.29) is 11.8 Å². The average Bonchev–Trinajstić information content (AvgIpc) is 3.15. The van der Waals surface area contributed by atoms with E-state index >= 15 is 0 Å². The van der Waals surface area contributed by atoms with Gasteiger partial charge < -0.3 is 15.1 Å². The highest BCUT2D eigenvalue weighted by atomic mass is 35.5. The molecule has 1 heterocycles. The highest BCUT2D eigenvalue weighted by molar-refractivity contribution is 6.31. The largest absolute Gasteiger partial charge is 0.340 e. The van der Waals surface area contributed by atoms with Crippen LogP contribution in [0.25, 0.3) is 0 Å². The van der Waals surface area contributed by atoms with Crippen molar-refractivity contribution in [1.82, 2.24) is 9.80 Å². The molecule has 2 amide bonds. The monoisotopic (exact) mass is 474 g/mol. The van der Waals surface area contributed by atoms with E-state index in [1.807, 2.05) is 67.5 Å². The summed E-state index contributed by atoms with van der Waals surface area (Å²) in [5.41, 5.74) is 4.14. The van der Waals surface area contributed by atoms with Crippen LogP contribution < -0.4 is 5.32 Å². The van der Waals surface area contributed by atoms with Crippen molar-refractivity contribution in [2.75, 3.05) is 39.5 Å². The van der Waals surface area contributed by atoms with Crippen LogP contribution in [0.3, 0.4) is 0 Å². The van der Waals surface area contributed by atoms with Crippen molar-refractivity contribution in [2.45, 2.75) is 5.92 Å². The Morgan fingerprint density at radius 3 is 2.41 bits per heavy atom. The Kier molecular flexibility index (Phi) is 7.10. The molecule has 7 heteroatoms. The first kappa shape index (κ1) is 23.7. The summed E-state index contributed by atoms with van der Waals surface area (Å²) in [7, 11) is 5.75. The minimum Gasteiger partial charge on any atom is -0.340 e. The fourth-order valence-electron chi connectivity index (χ4n) is 3.93. The average molecular weight is 475 g/mol. The maximum Gasteiger partial charge on any atom is 0.253 e. The van der Waals surface area contributed by atoms with Gasteiger partial charge in [0.25, 0.3) is 5.91 Å². The number of halogens is 1. The number of carbonyl (C=O) groups is 2. The van der Waals surface area contributed by atoms with Crippen molar-refractivity contribution < 1.29 is 9.59 Å². The van der Waals surface area contributed by atoms with Crippen molar-refractivity contribution in [3.8, 4) is 0 Å². The first-order valence-electron chi connectivity index (χ1n) is 11.1. The summed E-state index contributed by atoms with van der Waals surface area (Å²) in [6, 6.07) is 22.2. The number of likely N-dealkylation sites (N-methyl/N-ethyl adjacent to an activating group) is 2. The number of anilines is 1. The normalized spacial score (nSPS) is 15.3. The molecule has 0 aliphatic carbocycles. The van der Waals surface area contributed by atoms with Gasteiger partial charge >= 0.3 is 0 Å². The standard InChI is InChI=1S/C27H27ClN4O2/c1-31(2)14-15-32(3)27(34)19-10-7-11-21(16-19)29-25(18-8-5-4-6-9-18)24-22-13-12-20(28)17-23(22)30-26(24)33/h4-13,16-17,24H,14-15H2,1-3H3,(H,30,33). The number of aliphatic imine (C=N–C) groups is 1. The Bertz CT molecular complexity index is 1240. The molecule has 4 rings (SSSR count). The smallest absolute Gasteiger partial charge is 0.253 e. The predicted octanol–water partition coefficient (Wildman–Crippen LogP) is 4.83. The van der Waals surface area contributed by atoms with Gasteiger partial charge in [-0.3, -0.25) is 14.6 Å². The Hall–Kier alpha value is -3.48. The number of hydrogen-bond acceptors (Lipinski definition) is 4. The molecule has 1 aliphatic rings. The van der Waals surface area contributed by atoms with Gasteiger partial charge in [0.05, 0.1) is 11.4 Å². The van der Waals surface area contributed by atoms with E-state index in [4.69, 9.17) is 16.6 Å². The Morgan fingerprint density at radius 2 is 1.68 bits per heavy atom. The highest BCUT2D eigenvalue weighted by Crippen LogP contribution is 2.37. The highest BCUT2D eigenvalue weighted by Gasteiger charge is 2.35. The summed E-state index contributed by atoms with van der Waals surface area (Å²) in [5.74, 6) is -0.814. The number of carbonyl (C=O) groups excluding carboxylic acids is 2. The van der Waals surface area contributed by atoms with Crippen LogP contribution in [-0.4, -0.2) is 61.6 Å². The zero-order valence-corrected chi connectivity index (χ0v) is 20.2. The third-order valence-corrected chi connectivity index (χ3v) is 6.00. The lowest BCUT2D eigenvalue weighted by Crippen LogP contribution is -2.33. The number of nitrogens with one attached hydrogen (secondary N) is 1. The van der Waals surface area contributed by atoms with E-state index in [0.717, 1.165) is 17.7 Å². The minimum absolute atomic E-state index is 0.0706. The predicted molar refractivity (Wildman–Crippen MR) is 137 cm³/mol. The Morgan fingerprint density at radius 1 is 0.941 bits per heavy atom. The number of fused-ring (bicyclic) bond motifs is 1. The molecule has 6 nitrogen and oxygen atoms in total. The lowest BCUT2D eigenvalue weighted by molar-refractivity contribution is -0.115. The molecule has 0 fully saturated rings. The second-order valence-corrected chi connectivity index (χ2v) is 9.03. The van der Waals surface area contributed by atoms with Gasteiger partial charge in [-0.2, -0.15) is 0 Å². The Balaban J connectivity index is 1.73. The molecular weight excluding hydrogens is 448 g/mol. The van der Waals surface area contributed by atoms with Gasteiger partial charge in [0.2, 0.25) is 5.91 Å². The van der Waals surface area contributed by atoms with E-state index in [1.54, 1.807) is 36.2 Å². The van der Waals surface area contributed by atoms with Crippen molar-refractivity contribution in [1.29, 1.82) is 0 Å². The molecule has 34 heavy (non-hydrogen) atoms. The topological polar surface area (TPSA) is 65.0 Å². The van der Waals surface area contributed by atoms with Crippen LogP contribution >= 0.6 is 11.6 Å². The SMILES string of the molecule is CN(C)CCN(C)C(=O)c1cccc(N=C(c2ccccc2)C2C(=O)Nc3cc(Cl)ccc32)c1. The third kappa shape index (κ3) is 5.19. The summed E-state index contributed by atoms with van der Waals surface area (Å²) < 4.78 is 0. The van der Waals surface area contributed by atoms with Crippen LogP contribution in [0.15, 0.2) is 77.8 Å². The van der Waals surface area contributed by atoms with E-state index in [1.165, 1.54) is 0 Å². The van der Waals surface area contributed by atoms with E-state index in [2.05, 4.69) is 5.32 Å². The summed E-state index contributed by atoms with van der Waals surface area (Å²) in [4.78, 5) is 34.6. The zero-order valence-electron chi connectivity index (χ0n) is 19.5. The molecule has 0 radical (unpaired) electrons. The molecule has 1 N–H and O–H groups in total. The molecule has 3 aromatic carbocycles. The van der Waals surface area contributed by atoms with Crippen LogP contribution in [0, 0.1) is 0 Å². The number of hydrogen-bond donors (Lipinski definition) is 1. The van der Waals surface area contributed by atoms with Crippen molar-refractivity contribution >= 4 is 40.5 Å². The fraction of sp³-hybridized carbons (Fsp3) is 0.222. The molecule has 0 spiro atoms. The molecule has 0 bridgehead atoms. The number of nitrogens with zero attached hydrogens (tertiary/aromatic N) is 3. The molecule has 1 unspecified atom stereocenters. The van der Waals surface area contributed by atoms with Gasteiger partial charge in [-0.05, 0) is 55.6 Å². The summed E-state index contributed by atoms with van der Waals surface area (Å²) in [6.07, 6.45) is 0. The molecule has 1 atom stereocenters. The van der Waals surface area contributed by atoms with Crippen LogP contribution in [0.1, 0.15) is 27.4 Å². The van der Waals surface area contributed by atoms with E-state index in [0.29, 0.717) is 34.2 Å². The third-order valence-electron chi connectivity index (χ3n) is 5.76. The maximum absolute atomic E-state index is 13.0. The van der Waals surface area contributed by atoms with Crippen molar-refractivity contribution in [3.05, 3.63) is 94.5 Å². The van der Waals surface area contributed by atoms with Gasteiger partial charge in [-0.1, -0.05) is 54.1 Å². The minimum atomic E-state index is -0.586. The first-order chi connectivity index (χ1) is 16.3. The summed E-state index contributed by atoms with van der Waals surface area (Å²) >= 11 is 6.14. The molecular formula is C27H27ClN4O2. The molecule has 3 aromatic rings. The number of amides is 2. The van der Waals surface area contributed by atoms with Gasteiger partial charge in [0.1, 0.15) is 5.92 Å². The molecule has 0 aromatic heterocycles. The van der Waals surface area contributed by atoms with Crippen molar-refractivity contribution in [2.24, 2.45) is 4.99 Å². The van der Waals surface area contributed by atoms with Gasteiger partial charge in [0.15, 0.2) is 0 Å².